The molecule has 0 radical (unpaired) electrons. The zero-order valence-electron chi connectivity index (χ0n) is 23.2. The van der Waals surface area contributed by atoms with E-state index in [4.69, 9.17) is 14.2 Å². The lowest BCUT2D eigenvalue weighted by Gasteiger charge is -2.36. The Morgan fingerprint density at radius 2 is 1.95 bits per heavy atom. The minimum Gasteiger partial charge on any atom is -0.477 e. The number of carboxylic acids is 1. The van der Waals surface area contributed by atoms with Crippen LogP contribution in [0.3, 0.4) is 0 Å². The topological polar surface area (TPSA) is 89.3 Å². The maximum absolute atomic E-state index is 15.1. The summed E-state index contributed by atoms with van der Waals surface area (Å²) in [6.45, 7) is 8.02. The number of fused-ring (bicyclic) bond motifs is 2. The minimum absolute atomic E-state index is 0.0351. The van der Waals surface area contributed by atoms with Gasteiger partial charge in [0.25, 0.3) is 5.79 Å². The van der Waals surface area contributed by atoms with Crippen molar-refractivity contribution in [3.8, 4) is 11.5 Å². The molecule has 2 atom stereocenters. The predicted octanol–water partition coefficient (Wildman–Crippen LogP) is 5.14. The lowest BCUT2D eigenvalue weighted by Crippen LogP contribution is -2.46. The van der Waals surface area contributed by atoms with E-state index in [1.165, 1.54) is 6.07 Å². The van der Waals surface area contributed by atoms with Gasteiger partial charge in [0.15, 0.2) is 22.2 Å². The highest BCUT2D eigenvalue weighted by atomic mass is 32.1. The van der Waals surface area contributed by atoms with E-state index in [0.717, 1.165) is 42.1 Å². The number of piperazine rings is 1. The Hall–Kier alpha value is -3.74. The summed E-state index contributed by atoms with van der Waals surface area (Å²) in [6, 6.07) is 10.7. The van der Waals surface area contributed by atoms with Gasteiger partial charge in [-0.2, -0.15) is 0 Å². The van der Waals surface area contributed by atoms with Crippen molar-refractivity contribution in [1.82, 2.24) is 14.5 Å². The molecule has 12 heteroatoms. The molecule has 0 spiro atoms. The fourth-order valence-corrected chi connectivity index (χ4v) is 6.82. The first-order valence-electron chi connectivity index (χ1n) is 14.0. The Morgan fingerprint density at radius 3 is 2.64 bits per heavy atom. The van der Waals surface area contributed by atoms with Crippen molar-refractivity contribution in [2.75, 3.05) is 37.7 Å². The number of aryl methyl sites for hydroxylation is 1. The fourth-order valence-electron chi connectivity index (χ4n) is 5.90. The van der Waals surface area contributed by atoms with Gasteiger partial charge in [-0.1, -0.05) is 12.1 Å². The second-order valence-corrected chi connectivity index (χ2v) is 12.1. The largest absolute Gasteiger partial charge is 0.477 e. The van der Waals surface area contributed by atoms with Crippen LogP contribution >= 0.6 is 11.3 Å². The summed E-state index contributed by atoms with van der Waals surface area (Å²) >= 11 is 0.867. The number of halogens is 2. The average molecular weight is 597 g/mol. The Morgan fingerprint density at radius 1 is 1.17 bits per heavy atom. The number of nitrogens with zero attached hydrogens (tertiary/aromatic N) is 4. The normalized spacial score (nSPS) is 22.1. The number of ether oxygens (including phenoxy) is 3. The first kappa shape index (κ1) is 27.1. The van der Waals surface area contributed by atoms with Crippen molar-refractivity contribution in [3.05, 3.63) is 69.9 Å². The van der Waals surface area contributed by atoms with Crippen LogP contribution in [0.2, 0.25) is 0 Å². The smallest absolute Gasteiger partial charge is 0.349 e. The maximum atomic E-state index is 15.1. The lowest BCUT2D eigenvalue weighted by molar-refractivity contribution is -0.0705. The number of hydrogen-bond donors (Lipinski definition) is 1. The number of carbonyl (C=O) groups is 1. The predicted molar refractivity (Wildman–Crippen MR) is 153 cm³/mol. The molecule has 0 bridgehead atoms. The van der Waals surface area contributed by atoms with Crippen LogP contribution in [0.15, 0.2) is 36.4 Å². The van der Waals surface area contributed by atoms with Crippen molar-refractivity contribution in [3.63, 3.8) is 0 Å². The molecule has 220 valence electrons. The van der Waals surface area contributed by atoms with Crippen LogP contribution in [0.4, 0.5) is 14.5 Å². The van der Waals surface area contributed by atoms with E-state index < -0.39 is 17.6 Å². The number of benzene rings is 2. The summed E-state index contributed by atoms with van der Waals surface area (Å²) in [5.41, 5.74) is 2.29. The number of thiophene rings is 1. The molecule has 1 N–H and O–H groups in total. The third-order valence-electron chi connectivity index (χ3n) is 8.25. The molecule has 5 heterocycles. The molecule has 2 fully saturated rings. The molecule has 2 aromatic carbocycles. The van der Waals surface area contributed by atoms with Crippen molar-refractivity contribution >= 4 is 33.3 Å². The number of hydrogen-bond acceptors (Lipinski definition) is 8. The Balaban J connectivity index is 1.08. The highest BCUT2D eigenvalue weighted by Gasteiger charge is 2.43. The fraction of sp³-hybridized carbons (Fsp3) is 0.400. The Labute approximate surface area is 244 Å². The van der Waals surface area contributed by atoms with Crippen LogP contribution in [0.1, 0.15) is 40.0 Å². The van der Waals surface area contributed by atoms with Crippen LogP contribution < -0.4 is 14.4 Å². The molecule has 0 aliphatic carbocycles. The molecule has 3 aliphatic rings. The molecule has 4 aromatic rings. The van der Waals surface area contributed by atoms with Crippen molar-refractivity contribution in [2.24, 2.45) is 0 Å². The molecular weight excluding hydrogens is 566 g/mol. The van der Waals surface area contributed by atoms with Crippen molar-refractivity contribution in [2.45, 2.75) is 45.2 Å². The van der Waals surface area contributed by atoms with E-state index in [1.807, 2.05) is 31.2 Å². The zero-order chi connectivity index (χ0) is 29.2. The quantitative estimate of drug-likeness (QED) is 0.314. The van der Waals surface area contributed by atoms with E-state index in [2.05, 4.69) is 14.8 Å². The van der Waals surface area contributed by atoms with Gasteiger partial charge < -0.3 is 28.8 Å². The Kier molecular flexibility index (Phi) is 6.59. The molecule has 2 aromatic heterocycles. The van der Waals surface area contributed by atoms with Gasteiger partial charge in [0.1, 0.15) is 22.0 Å². The van der Waals surface area contributed by atoms with Crippen LogP contribution in [0.5, 0.6) is 11.5 Å². The maximum Gasteiger partial charge on any atom is 0.349 e. The average Bonchev–Trinajstić information content (AvgIpc) is 3.56. The second kappa shape index (κ2) is 10.2. The summed E-state index contributed by atoms with van der Waals surface area (Å²) in [7, 11) is 0. The summed E-state index contributed by atoms with van der Waals surface area (Å²) < 4.78 is 49.9. The highest BCUT2D eigenvalue weighted by molar-refractivity contribution is 7.20. The summed E-state index contributed by atoms with van der Waals surface area (Å²) in [5, 5.41) is 9.39. The van der Waals surface area contributed by atoms with Gasteiger partial charge in [0, 0.05) is 39.7 Å². The summed E-state index contributed by atoms with van der Waals surface area (Å²) in [5.74, 6) is -1.81. The molecule has 9 nitrogen and oxygen atoms in total. The number of rotatable bonds is 7. The molecule has 0 saturated carbocycles. The molecule has 0 amide bonds. The van der Waals surface area contributed by atoms with Crippen LogP contribution in [0, 0.1) is 18.6 Å². The van der Waals surface area contributed by atoms with Gasteiger partial charge in [-0.15, -0.1) is 11.3 Å². The molecule has 3 aliphatic heterocycles. The van der Waals surface area contributed by atoms with Gasteiger partial charge >= 0.3 is 5.97 Å². The molecule has 7 rings (SSSR count). The van der Waals surface area contributed by atoms with Gasteiger partial charge in [-0.3, -0.25) is 4.90 Å². The monoisotopic (exact) mass is 596 g/mol. The van der Waals surface area contributed by atoms with Gasteiger partial charge in [0.2, 0.25) is 0 Å². The number of para-hydroxylation sites is 1. The SMILES string of the molecule is Cc1ccc([C@]2(C)Oc3cccc(N4CCN(Cc5nc6sc(C(=O)O)c(F)c6n5C[C@@H]5CCO5)CC4)c3O2)c(F)c1. The zero-order valence-corrected chi connectivity index (χ0v) is 24.0. The Bertz CT molecular complexity index is 1690. The minimum atomic E-state index is -1.29. The number of anilines is 1. The van der Waals surface area contributed by atoms with Crippen molar-refractivity contribution < 1.29 is 32.9 Å². The van der Waals surface area contributed by atoms with Crippen LogP contribution in [-0.4, -0.2) is 64.4 Å². The van der Waals surface area contributed by atoms with E-state index >= 15 is 4.39 Å². The van der Waals surface area contributed by atoms with Crippen LogP contribution in [-0.2, 0) is 23.6 Å². The first-order chi connectivity index (χ1) is 20.2. The molecule has 2 saturated heterocycles. The van der Waals surface area contributed by atoms with E-state index in [1.54, 1.807) is 17.6 Å². The molecular formula is C30H30F2N4O5S. The standard InChI is InChI=1S/C30H30F2N4O5S/c1-17-6-7-19(20(31)14-17)30(2)40-22-5-3-4-21(26(22)41-30)35-11-9-34(10-12-35)16-23-33-28-25(24(32)27(42-28)29(37)38)36(23)15-18-8-13-39-18/h3-7,14,18H,8-13,15-16H2,1-2H3,(H,37,38)/t18-,30+/m0/s1. The molecule has 42 heavy (non-hydrogen) atoms. The number of imidazole rings is 1. The van der Waals surface area contributed by atoms with E-state index in [-0.39, 0.29) is 22.3 Å². The third kappa shape index (κ3) is 4.58. The van der Waals surface area contributed by atoms with Crippen LogP contribution in [0.25, 0.3) is 10.3 Å². The van der Waals surface area contributed by atoms with Gasteiger partial charge in [0.05, 0.1) is 30.4 Å². The highest BCUT2D eigenvalue weighted by Crippen LogP contribution is 2.49. The van der Waals surface area contributed by atoms with Crippen molar-refractivity contribution in [1.29, 1.82) is 0 Å². The van der Waals surface area contributed by atoms with E-state index in [9.17, 15) is 14.3 Å². The van der Waals surface area contributed by atoms with Gasteiger partial charge in [-0.25, -0.2) is 18.6 Å². The number of aromatic nitrogens is 2. The lowest BCUT2D eigenvalue weighted by atomic mass is 10.0. The van der Waals surface area contributed by atoms with Gasteiger partial charge in [-0.05, 0) is 43.2 Å². The number of aromatic carboxylic acids is 1. The molecule has 0 unspecified atom stereocenters. The number of carboxylic acid groups (broad SMARTS) is 1. The third-order valence-corrected chi connectivity index (χ3v) is 9.28. The second-order valence-electron chi connectivity index (χ2n) is 11.1. The summed E-state index contributed by atoms with van der Waals surface area (Å²) in [4.78, 5) is 20.7. The first-order valence-corrected chi connectivity index (χ1v) is 14.8. The summed E-state index contributed by atoms with van der Waals surface area (Å²) in [6.07, 6.45) is 0.838. The van der Waals surface area contributed by atoms with E-state index in [0.29, 0.717) is 60.5 Å².